The zero-order chi connectivity index (χ0) is 13.7. The highest BCUT2D eigenvalue weighted by Crippen LogP contribution is 2.23. The first-order valence-corrected chi connectivity index (χ1v) is 6.35. The van der Waals surface area contributed by atoms with Gasteiger partial charge in [0.25, 0.3) is 0 Å². The van der Waals surface area contributed by atoms with Crippen molar-refractivity contribution in [2.75, 3.05) is 6.61 Å². The Morgan fingerprint density at radius 3 is 3.16 bits per heavy atom. The van der Waals surface area contributed by atoms with Crippen LogP contribution in [0.15, 0.2) is 10.7 Å². The van der Waals surface area contributed by atoms with Crippen LogP contribution in [-0.4, -0.2) is 27.1 Å². The Balaban J connectivity index is 2.07. The summed E-state index contributed by atoms with van der Waals surface area (Å²) in [7, 11) is 0. The molecular weight excluding hydrogens is 266 g/mol. The van der Waals surface area contributed by atoms with Crippen molar-refractivity contribution in [2.24, 2.45) is 0 Å². The molecular formula is C12H11N3O3S. The number of hydrogen-bond donors (Lipinski definition) is 0. The lowest BCUT2D eigenvalue weighted by molar-refractivity contribution is 0.0508. The molecule has 0 saturated heterocycles. The fourth-order valence-corrected chi connectivity index (χ4v) is 1.94. The Labute approximate surface area is 114 Å². The lowest BCUT2D eigenvalue weighted by Gasteiger charge is -2.01. The van der Waals surface area contributed by atoms with Gasteiger partial charge < -0.3 is 9.15 Å². The minimum Gasteiger partial charge on any atom is -0.461 e. The fourth-order valence-electron chi connectivity index (χ4n) is 1.37. The minimum atomic E-state index is -0.470. The SMILES string of the molecule is C#CCCCOC(=O)c1snnc1-c1coc(C)n1. The van der Waals surface area contributed by atoms with Crippen LogP contribution in [0.5, 0.6) is 0 Å². The van der Waals surface area contributed by atoms with Gasteiger partial charge in [0.1, 0.15) is 17.7 Å². The highest BCUT2D eigenvalue weighted by Gasteiger charge is 2.21. The average Bonchev–Trinajstić information content (AvgIpc) is 3.02. The second kappa shape index (κ2) is 6.11. The number of unbranched alkanes of at least 4 members (excludes halogenated alkanes) is 1. The zero-order valence-electron chi connectivity index (χ0n) is 10.3. The summed E-state index contributed by atoms with van der Waals surface area (Å²) in [6.45, 7) is 1.99. The van der Waals surface area contributed by atoms with Crippen molar-refractivity contribution in [1.82, 2.24) is 14.6 Å². The normalized spacial score (nSPS) is 10.1. The van der Waals surface area contributed by atoms with Crippen LogP contribution in [0.2, 0.25) is 0 Å². The second-order valence-electron chi connectivity index (χ2n) is 3.65. The molecule has 0 radical (unpaired) electrons. The van der Waals surface area contributed by atoms with Crippen LogP contribution in [-0.2, 0) is 4.74 Å². The fraction of sp³-hybridized carbons (Fsp3) is 0.333. The summed E-state index contributed by atoms with van der Waals surface area (Å²) in [6, 6.07) is 0. The molecule has 0 spiro atoms. The average molecular weight is 277 g/mol. The molecule has 2 aromatic heterocycles. The Kier molecular flexibility index (Phi) is 4.26. The molecule has 2 rings (SSSR count). The third-order valence-corrected chi connectivity index (χ3v) is 2.94. The number of aryl methyl sites for hydroxylation is 1. The summed E-state index contributed by atoms with van der Waals surface area (Å²) in [5.41, 5.74) is 0.852. The van der Waals surface area contributed by atoms with Gasteiger partial charge in [0, 0.05) is 13.3 Å². The van der Waals surface area contributed by atoms with E-state index in [-0.39, 0.29) is 6.61 Å². The van der Waals surface area contributed by atoms with Gasteiger partial charge >= 0.3 is 5.97 Å². The van der Waals surface area contributed by atoms with Gasteiger partial charge in [-0.25, -0.2) is 9.78 Å². The highest BCUT2D eigenvalue weighted by atomic mass is 32.1. The number of nitrogens with zero attached hydrogens (tertiary/aromatic N) is 3. The molecule has 0 aromatic carbocycles. The van der Waals surface area contributed by atoms with Crippen molar-refractivity contribution < 1.29 is 13.9 Å². The summed E-state index contributed by atoms with van der Waals surface area (Å²) in [5.74, 6) is 2.51. The van der Waals surface area contributed by atoms with E-state index in [0.29, 0.717) is 35.0 Å². The molecule has 0 aliphatic heterocycles. The molecule has 0 fully saturated rings. The first-order valence-electron chi connectivity index (χ1n) is 5.58. The van der Waals surface area contributed by atoms with Gasteiger partial charge in [-0.3, -0.25) is 0 Å². The van der Waals surface area contributed by atoms with Gasteiger partial charge in [-0.05, 0) is 18.0 Å². The van der Waals surface area contributed by atoms with Crippen molar-refractivity contribution in [3.8, 4) is 23.7 Å². The molecule has 19 heavy (non-hydrogen) atoms. The molecule has 0 N–H and O–H groups in total. The van der Waals surface area contributed by atoms with Gasteiger partial charge in [-0.15, -0.1) is 17.4 Å². The number of aromatic nitrogens is 3. The third kappa shape index (κ3) is 3.17. The quantitative estimate of drug-likeness (QED) is 0.473. The number of rotatable bonds is 5. The molecule has 2 heterocycles. The molecule has 7 heteroatoms. The number of oxazole rings is 1. The van der Waals surface area contributed by atoms with Crippen molar-refractivity contribution in [3.05, 3.63) is 17.0 Å². The molecule has 0 amide bonds. The molecule has 0 atom stereocenters. The van der Waals surface area contributed by atoms with E-state index >= 15 is 0 Å². The Hall–Kier alpha value is -2.20. The van der Waals surface area contributed by atoms with E-state index < -0.39 is 5.97 Å². The molecule has 98 valence electrons. The lowest BCUT2D eigenvalue weighted by atomic mass is 10.3. The summed E-state index contributed by atoms with van der Waals surface area (Å²) < 4.78 is 13.9. The van der Waals surface area contributed by atoms with Crippen LogP contribution < -0.4 is 0 Å². The van der Waals surface area contributed by atoms with E-state index in [4.69, 9.17) is 15.6 Å². The first kappa shape index (κ1) is 13.2. The monoisotopic (exact) mass is 277 g/mol. The maximum Gasteiger partial charge on any atom is 0.352 e. The predicted molar refractivity (Wildman–Crippen MR) is 68.5 cm³/mol. The van der Waals surface area contributed by atoms with Gasteiger partial charge in [-0.1, -0.05) is 4.49 Å². The molecule has 0 aliphatic carbocycles. The van der Waals surface area contributed by atoms with Gasteiger partial charge in [0.15, 0.2) is 10.8 Å². The van der Waals surface area contributed by atoms with Crippen LogP contribution in [0.1, 0.15) is 28.4 Å². The van der Waals surface area contributed by atoms with E-state index in [9.17, 15) is 4.79 Å². The number of ether oxygens (including phenoxy) is 1. The summed E-state index contributed by atoms with van der Waals surface area (Å²) >= 11 is 0.968. The number of hydrogen-bond acceptors (Lipinski definition) is 7. The van der Waals surface area contributed by atoms with Crippen molar-refractivity contribution >= 4 is 17.5 Å². The van der Waals surface area contributed by atoms with Crippen LogP contribution >= 0.6 is 11.5 Å². The van der Waals surface area contributed by atoms with E-state index in [0.717, 1.165) is 11.5 Å². The zero-order valence-corrected chi connectivity index (χ0v) is 11.1. The van der Waals surface area contributed by atoms with E-state index in [1.165, 1.54) is 6.26 Å². The Bertz CT molecular complexity index is 612. The van der Waals surface area contributed by atoms with E-state index in [1.807, 2.05) is 0 Å². The maximum atomic E-state index is 11.9. The largest absolute Gasteiger partial charge is 0.461 e. The second-order valence-corrected chi connectivity index (χ2v) is 4.40. The van der Waals surface area contributed by atoms with Gasteiger partial charge in [-0.2, -0.15) is 0 Å². The number of carbonyl (C=O) groups is 1. The predicted octanol–water partition coefficient (Wildman–Crippen LogP) is 2.07. The maximum absolute atomic E-state index is 11.9. The number of esters is 1. The lowest BCUT2D eigenvalue weighted by Crippen LogP contribution is -2.06. The third-order valence-electron chi connectivity index (χ3n) is 2.23. The molecule has 0 aliphatic rings. The minimum absolute atomic E-state index is 0.276. The Morgan fingerprint density at radius 2 is 2.47 bits per heavy atom. The van der Waals surface area contributed by atoms with Crippen molar-refractivity contribution in [1.29, 1.82) is 0 Å². The molecule has 0 bridgehead atoms. The van der Waals surface area contributed by atoms with Gasteiger partial charge in [0.05, 0.1) is 6.61 Å². The molecule has 6 nitrogen and oxygen atoms in total. The Morgan fingerprint density at radius 1 is 1.63 bits per heavy atom. The summed E-state index contributed by atoms with van der Waals surface area (Å²) in [6.07, 6.45) is 7.75. The van der Waals surface area contributed by atoms with E-state index in [2.05, 4.69) is 20.5 Å². The number of carbonyl (C=O) groups excluding carboxylic acids is 1. The smallest absolute Gasteiger partial charge is 0.352 e. The molecule has 0 unspecified atom stereocenters. The van der Waals surface area contributed by atoms with Crippen LogP contribution in [0.3, 0.4) is 0 Å². The number of terminal acetylenes is 1. The molecule has 0 saturated carbocycles. The standard InChI is InChI=1S/C12H11N3O3S/c1-3-4-5-6-17-12(16)11-10(14-15-19-11)9-7-18-8(2)13-9/h1,7H,4-6H2,2H3. The van der Waals surface area contributed by atoms with Crippen LogP contribution in [0.25, 0.3) is 11.4 Å². The van der Waals surface area contributed by atoms with Crippen molar-refractivity contribution in [3.63, 3.8) is 0 Å². The van der Waals surface area contributed by atoms with Gasteiger partial charge in [0.2, 0.25) is 0 Å². The topological polar surface area (TPSA) is 78.1 Å². The summed E-state index contributed by atoms with van der Waals surface area (Å²) in [5, 5.41) is 3.88. The van der Waals surface area contributed by atoms with Crippen molar-refractivity contribution in [2.45, 2.75) is 19.8 Å². The first-order chi connectivity index (χ1) is 9.22. The molecule has 2 aromatic rings. The van der Waals surface area contributed by atoms with E-state index in [1.54, 1.807) is 6.92 Å². The van der Waals surface area contributed by atoms with Crippen LogP contribution in [0, 0.1) is 19.3 Å². The van der Waals surface area contributed by atoms with Crippen LogP contribution in [0.4, 0.5) is 0 Å². The highest BCUT2D eigenvalue weighted by molar-refractivity contribution is 7.08. The summed E-state index contributed by atoms with van der Waals surface area (Å²) in [4.78, 5) is 16.3.